The fourth-order valence-electron chi connectivity index (χ4n) is 3.43. The van der Waals surface area contributed by atoms with Crippen molar-refractivity contribution in [1.82, 2.24) is 19.7 Å². The van der Waals surface area contributed by atoms with E-state index in [1.54, 1.807) is 20.5 Å². The minimum atomic E-state index is 0.309. The number of nitrogens with zero attached hydrogens (tertiary/aromatic N) is 4. The highest BCUT2D eigenvalue weighted by atomic mass is 127. The molecule has 4 rings (SSSR count). The van der Waals surface area contributed by atoms with Crippen molar-refractivity contribution >= 4 is 39.4 Å². The molecule has 1 N–H and O–H groups in total. The molecule has 0 radical (unpaired) electrons. The summed E-state index contributed by atoms with van der Waals surface area (Å²) in [7, 11) is 3.30. The highest BCUT2D eigenvalue weighted by molar-refractivity contribution is 14.1. The van der Waals surface area contributed by atoms with Crippen molar-refractivity contribution in [3.63, 3.8) is 0 Å². The second kappa shape index (κ2) is 8.48. The lowest BCUT2D eigenvalue weighted by Crippen LogP contribution is -2.20. The summed E-state index contributed by atoms with van der Waals surface area (Å²) >= 11 is 2.25. The van der Waals surface area contributed by atoms with Gasteiger partial charge in [-0.25, -0.2) is 14.6 Å². The van der Waals surface area contributed by atoms with Gasteiger partial charge in [-0.1, -0.05) is 0 Å². The van der Waals surface area contributed by atoms with Gasteiger partial charge in [0.05, 0.1) is 25.6 Å². The first-order valence-corrected chi connectivity index (χ1v) is 10.2. The summed E-state index contributed by atoms with van der Waals surface area (Å²) in [6.45, 7) is 2.09. The van der Waals surface area contributed by atoms with Crippen molar-refractivity contribution in [3.05, 3.63) is 33.8 Å². The summed E-state index contributed by atoms with van der Waals surface area (Å²) in [6.07, 6.45) is 3.48. The van der Waals surface area contributed by atoms with E-state index < -0.39 is 0 Å². The highest BCUT2D eigenvalue weighted by Crippen LogP contribution is 2.31. The molecule has 0 saturated carbocycles. The maximum absolute atomic E-state index is 5.49. The Balaban J connectivity index is 1.62. The predicted molar refractivity (Wildman–Crippen MR) is 114 cm³/mol. The molecular formula is C19H22IN5O3. The summed E-state index contributed by atoms with van der Waals surface area (Å²) in [5.74, 6) is 2.30. The fraction of sp³-hybridized carbons (Fsp3) is 0.421. The summed E-state index contributed by atoms with van der Waals surface area (Å²) in [4.78, 5) is 8.97. The molecule has 1 fully saturated rings. The van der Waals surface area contributed by atoms with Crippen LogP contribution in [0.25, 0.3) is 11.0 Å². The smallest absolute Gasteiger partial charge is 0.164 e. The number of nitrogens with one attached hydrogen (secondary N) is 1. The molecule has 0 bridgehead atoms. The zero-order valence-corrected chi connectivity index (χ0v) is 18.0. The van der Waals surface area contributed by atoms with Crippen molar-refractivity contribution in [2.24, 2.45) is 0 Å². The van der Waals surface area contributed by atoms with Crippen LogP contribution >= 0.6 is 22.6 Å². The van der Waals surface area contributed by atoms with E-state index in [2.05, 4.69) is 37.9 Å². The Bertz CT molecular complexity index is 972. The van der Waals surface area contributed by atoms with Gasteiger partial charge in [-0.15, -0.1) is 0 Å². The minimum absolute atomic E-state index is 0.309. The van der Waals surface area contributed by atoms with Crippen LogP contribution in [0.4, 0.5) is 5.82 Å². The molecular weight excluding hydrogens is 473 g/mol. The molecule has 1 aliphatic rings. The number of hydrogen-bond donors (Lipinski definition) is 1. The van der Waals surface area contributed by atoms with Crippen molar-refractivity contribution in [2.45, 2.75) is 25.4 Å². The fourth-order valence-corrected chi connectivity index (χ4v) is 4.16. The molecule has 0 spiro atoms. The van der Waals surface area contributed by atoms with Gasteiger partial charge >= 0.3 is 0 Å². The number of rotatable bonds is 6. The molecule has 3 heterocycles. The van der Waals surface area contributed by atoms with Crippen LogP contribution in [0.15, 0.2) is 24.5 Å². The molecule has 3 aromatic rings. The largest absolute Gasteiger partial charge is 0.497 e. The third kappa shape index (κ3) is 3.72. The molecule has 28 heavy (non-hydrogen) atoms. The number of benzene rings is 1. The zero-order valence-electron chi connectivity index (χ0n) is 15.8. The molecule has 9 heteroatoms. The van der Waals surface area contributed by atoms with Crippen LogP contribution < -0.4 is 14.8 Å². The van der Waals surface area contributed by atoms with Crippen molar-refractivity contribution < 1.29 is 14.2 Å². The van der Waals surface area contributed by atoms with Gasteiger partial charge in [0.2, 0.25) is 0 Å². The van der Waals surface area contributed by atoms with Gasteiger partial charge in [-0.05, 0) is 47.6 Å². The topological polar surface area (TPSA) is 83.3 Å². The van der Waals surface area contributed by atoms with E-state index in [4.69, 9.17) is 19.3 Å². The van der Waals surface area contributed by atoms with Gasteiger partial charge < -0.3 is 19.5 Å². The molecule has 2 aromatic heterocycles. The highest BCUT2D eigenvalue weighted by Gasteiger charge is 2.23. The van der Waals surface area contributed by atoms with E-state index in [1.807, 2.05) is 22.9 Å². The second-order valence-corrected chi connectivity index (χ2v) is 7.55. The van der Waals surface area contributed by atoms with E-state index >= 15 is 0 Å². The summed E-state index contributed by atoms with van der Waals surface area (Å²) in [5.41, 5.74) is 1.87. The molecule has 1 aliphatic heterocycles. The van der Waals surface area contributed by atoms with Gasteiger partial charge in [-0.2, -0.15) is 5.10 Å². The first-order chi connectivity index (χ1) is 13.7. The zero-order chi connectivity index (χ0) is 19.5. The van der Waals surface area contributed by atoms with Crippen LogP contribution in [0.3, 0.4) is 0 Å². The molecule has 0 amide bonds. The Morgan fingerprint density at radius 2 is 2.04 bits per heavy atom. The Morgan fingerprint density at radius 1 is 1.21 bits per heavy atom. The maximum atomic E-state index is 5.49. The molecule has 1 saturated heterocycles. The maximum Gasteiger partial charge on any atom is 0.164 e. The molecule has 0 unspecified atom stereocenters. The van der Waals surface area contributed by atoms with E-state index in [0.717, 1.165) is 63.7 Å². The lowest BCUT2D eigenvalue weighted by Gasteiger charge is -2.22. The third-order valence-corrected chi connectivity index (χ3v) is 5.68. The van der Waals surface area contributed by atoms with Gasteiger partial charge in [-0.3, -0.25) is 0 Å². The Kier molecular flexibility index (Phi) is 5.81. The molecule has 8 nitrogen and oxygen atoms in total. The van der Waals surface area contributed by atoms with Gasteiger partial charge in [0.25, 0.3) is 0 Å². The van der Waals surface area contributed by atoms with Crippen LogP contribution in [-0.2, 0) is 11.3 Å². The number of fused-ring (bicyclic) bond motifs is 1. The average molecular weight is 495 g/mol. The van der Waals surface area contributed by atoms with Crippen LogP contribution in [0, 0.1) is 3.70 Å². The number of anilines is 1. The standard InChI is InChI=1S/C19H22IN5O3/c1-26-14-4-3-12(15(9-14)27-2)10-21-18-16-17(20)24-25(19(16)23-11-22-18)13-5-7-28-8-6-13/h3-4,9,11,13H,5-8,10H2,1-2H3,(H,21,22,23). The van der Waals surface area contributed by atoms with Gasteiger partial charge in [0, 0.05) is 31.4 Å². The first-order valence-electron chi connectivity index (χ1n) is 9.12. The summed E-state index contributed by atoms with van der Waals surface area (Å²) < 4.78 is 19.2. The Morgan fingerprint density at radius 3 is 2.79 bits per heavy atom. The van der Waals surface area contributed by atoms with Crippen molar-refractivity contribution in [1.29, 1.82) is 0 Å². The molecule has 0 aliphatic carbocycles. The molecule has 1 aromatic carbocycles. The number of methoxy groups -OCH3 is 2. The van der Waals surface area contributed by atoms with Crippen molar-refractivity contribution in [2.75, 3.05) is 32.8 Å². The minimum Gasteiger partial charge on any atom is -0.497 e. The summed E-state index contributed by atoms with van der Waals surface area (Å²) in [6, 6.07) is 6.09. The third-order valence-electron chi connectivity index (χ3n) is 4.92. The van der Waals surface area contributed by atoms with E-state index in [1.165, 1.54) is 0 Å². The van der Waals surface area contributed by atoms with Gasteiger partial charge in [0.1, 0.15) is 27.3 Å². The predicted octanol–water partition coefficient (Wildman–Crippen LogP) is 3.41. The Hall–Kier alpha value is -2.14. The summed E-state index contributed by atoms with van der Waals surface area (Å²) in [5, 5.41) is 9.11. The van der Waals surface area contributed by atoms with Crippen LogP contribution in [0.5, 0.6) is 11.5 Å². The van der Waals surface area contributed by atoms with E-state index in [9.17, 15) is 0 Å². The average Bonchev–Trinajstić information content (AvgIpc) is 3.10. The molecule has 148 valence electrons. The Labute approximate surface area is 176 Å². The van der Waals surface area contributed by atoms with E-state index in [-0.39, 0.29) is 0 Å². The number of ether oxygens (including phenoxy) is 3. The van der Waals surface area contributed by atoms with Gasteiger partial charge in [0.15, 0.2) is 5.65 Å². The number of halogens is 1. The first kappa shape index (κ1) is 19.2. The normalized spacial score (nSPS) is 15.0. The SMILES string of the molecule is COc1ccc(CNc2ncnc3c2c(I)nn3C2CCOCC2)c(OC)c1. The van der Waals surface area contributed by atoms with Crippen LogP contribution in [0.1, 0.15) is 24.4 Å². The lowest BCUT2D eigenvalue weighted by molar-refractivity contribution is 0.0672. The second-order valence-electron chi connectivity index (χ2n) is 6.53. The quantitative estimate of drug-likeness (QED) is 0.525. The number of aromatic nitrogens is 4. The van der Waals surface area contributed by atoms with Crippen LogP contribution in [0.2, 0.25) is 0 Å². The van der Waals surface area contributed by atoms with E-state index in [0.29, 0.717) is 12.6 Å². The monoisotopic (exact) mass is 495 g/mol. The lowest BCUT2D eigenvalue weighted by atomic mass is 10.1. The molecule has 0 atom stereocenters. The van der Waals surface area contributed by atoms with Crippen LogP contribution in [-0.4, -0.2) is 47.2 Å². The van der Waals surface area contributed by atoms with Crippen molar-refractivity contribution in [3.8, 4) is 11.5 Å². The number of hydrogen-bond acceptors (Lipinski definition) is 7.